The second-order valence-corrected chi connectivity index (χ2v) is 5.58. The first-order valence-electron chi connectivity index (χ1n) is 6.97. The van der Waals surface area contributed by atoms with Crippen LogP contribution < -0.4 is 5.32 Å². The summed E-state index contributed by atoms with van der Waals surface area (Å²) < 4.78 is 13.0. The second kappa shape index (κ2) is 7.38. The zero-order valence-corrected chi connectivity index (χ0v) is 13.3. The zero-order valence-electron chi connectivity index (χ0n) is 12.5. The third kappa shape index (κ3) is 4.29. The topological polar surface area (TPSA) is 32.3 Å². The van der Waals surface area contributed by atoms with Gasteiger partial charge in [0.1, 0.15) is 5.82 Å². The van der Waals surface area contributed by atoms with Crippen LogP contribution in [0.5, 0.6) is 0 Å². The normalized spacial score (nSPS) is 12.2. The van der Waals surface area contributed by atoms with E-state index in [4.69, 9.17) is 11.6 Å². The summed E-state index contributed by atoms with van der Waals surface area (Å²) in [5.74, 6) is -0.417. The van der Waals surface area contributed by atoms with Crippen LogP contribution in [-0.4, -0.2) is 24.4 Å². The van der Waals surface area contributed by atoms with Crippen molar-refractivity contribution >= 4 is 23.2 Å². The van der Waals surface area contributed by atoms with E-state index in [-0.39, 0.29) is 24.3 Å². The first-order chi connectivity index (χ1) is 10.5. The van der Waals surface area contributed by atoms with Gasteiger partial charge in [0.2, 0.25) is 5.91 Å². The minimum atomic E-state index is -0.268. The largest absolute Gasteiger partial charge is 0.324 e. The molecule has 2 aromatic carbocycles. The highest BCUT2D eigenvalue weighted by Crippen LogP contribution is 2.21. The van der Waals surface area contributed by atoms with Gasteiger partial charge in [0, 0.05) is 6.04 Å². The van der Waals surface area contributed by atoms with Gasteiger partial charge in [0.25, 0.3) is 0 Å². The molecule has 5 heteroatoms. The molecule has 0 saturated carbocycles. The maximum absolute atomic E-state index is 13.0. The minimum absolute atomic E-state index is 0.00223. The summed E-state index contributed by atoms with van der Waals surface area (Å²) in [6.07, 6.45) is 0. The van der Waals surface area contributed by atoms with Gasteiger partial charge in [-0.3, -0.25) is 9.69 Å². The molecule has 0 aromatic heterocycles. The van der Waals surface area contributed by atoms with E-state index in [0.717, 1.165) is 5.56 Å². The van der Waals surface area contributed by atoms with E-state index in [0.29, 0.717) is 10.7 Å². The Labute approximate surface area is 134 Å². The molecule has 0 heterocycles. The van der Waals surface area contributed by atoms with Crippen LogP contribution in [0, 0.1) is 5.82 Å². The lowest BCUT2D eigenvalue weighted by Crippen LogP contribution is -2.32. The summed E-state index contributed by atoms with van der Waals surface area (Å²) in [6, 6.07) is 13.4. The lowest BCUT2D eigenvalue weighted by molar-refractivity contribution is -0.117. The molecular weight excluding hydrogens is 303 g/mol. The van der Waals surface area contributed by atoms with Gasteiger partial charge in [0.05, 0.1) is 17.3 Å². The molecule has 0 bridgehead atoms. The number of carbonyl (C=O) groups is 1. The molecule has 0 aliphatic carbocycles. The quantitative estimate of drug-likeness (QED) is 0.899. The van der Waals surface area contributed by atoms with Crippen LogP contribution in [0.4, 0.5) is 10.1 Å². The van der Waals surface area contributed by atoms with E-state index in [2.05, 4.69) is 5.32 Å². The molecule has 22 heavy (non-hydrogen) atoms. The van der Waals surface area contributed by atoms with Crippen LogP contribution in [0.2, 0.25) is 5.02 Å². The molecule has 0 unspecified atom stereocenters. The molecule has 1 N–H and O–H groups in total. The Morgan fingerprint density at radius 3 is 2.50 bits per heavy atom. The van der Waals surface area contributed by atoms with Crippen molar-refractivity contribution in [3.63, 3.8) is 0 Å². The monoisotopic (exact) mass is 320 g/mol. The highest BCUT2D eigenvalue weighted by Gasteiger charge is 2.15. The molecule has 0 radical (unpaired) electrons. The number of benzene rings is 2. The predicted octanol–water partition coefficient (Wildman–Crippen LogP) is 4.11. The number of hydrogen-bond acceptors (Lipinski definition) is 2. The third-order valence-electron chi connectivity index (χ3n) is 3.55. The lowest BCUT2D eigenvalue weighted by Gasteiger charge is -2.24. The van der Waals surface area contributed by atoms with Gasteiger partial charge in [-0.05, 0) is 43.8 Å². The number of amides is 1. The van der Waals surface area contributed by atoms with Crippen LogP contribution >= 0.6 is 11.6 Å². The van der Waals surface area contributed by atoms with Crippen LogP contribution in [0.3, 0.4) is 0 Å². The molecule has 0 aliphatic rings. The maximum Gasteiger partial charge on any atom is 0.238 e. The van der Waals surface area contributed by atoms with Crippen molar-refractivity contribution in [3.05, 3.63) is 64.9 Å². The van der Waals surface area contributed by atoms with Crippen LogP contribution in [0.15, 0.2) is 48.5 Å². The summed E-state index contributed by atoms with van der Waals surface area (Å²) in [5, 5.41) is 3.29. The molecule has 0 spiro atoms. The van der Waals surface area contributed by atoms with Crippen molar-refractivity contribution in [2.45, 2.75) is 13.0 Å². The van der Waals surface area contributed by atoms with E-state index in [1.807, 2.05) is 24.9 Å². The number of hydrogen-bond donors (Lipinski definition) is 1. The van der Waals surface area contributed by atoms with Gasteiger partial charge in [-0.2, -0.15) is 0 Å². The Hall–Kier alpha value is -1.91. The van der Waals surface area contributed by atoms with Crippen molar-refractivity contribution < 1.29 is 9.18 Å². The van der Waals surface area contributed by atoms with E-state index in [1.54, 1.807) is 30.3 Å². The van der Waals surface area contributed by atoms with Crippen molar-refractivity contribution in [2.24, 2.45) is 0 Å². The number of carbonyl (C=O) groups excluding carboxylic acids is 1. The Morgan fingerprint density at radius 1 is 1.23 bits per heavy atom. The maximum atomic E-state index is 13.0. The van der Waals surface area contributed by atoms with Gasteiger partial charge in [-0.1, -0.05) is 35.9 Å². The fourth-order valence-electron chi connectivity index (χ4n) is 2.11. The molecule has 116 valence electrons. The molecule has 0 saturated heterocycles. The van der Waals surface area contributed by atoms with E-state index in [9.17, 15) is 9.18 Å². The first-order valence-corrected chi connectivity index (χ1v) is 7.35. The fraction of sp³-hybridized carbons (Fsp3) is 0.235. The first kappa shape index (κ1) is 16.5. The SMILES string of the molecule is C[C@@H](c1ccc(F)cc1)N(C)CC(=O)Nc1ccccc1Cl. The number of nitrogens with zero attached hydrogens (tertiary/aromatic N) is 1. The Kier molecular flexibility index (Phi) is 5.52. The van der Waals surface area contributed by atoms with Crippen LogP contribution in [0.25, 0.3) is 0 Å². The molecule has 1 atom stereocenters. The number of nitrogens with one attached hydrogen (secondary N) is 1. The average molecular weight is 321 g/mol. The minimum Gasteiger partial charge on any atom is -0.324 e. The van der Waals surface area contributed by atoms with E-state index in [1.165, 1.54) is 12.1 Å². The number of anilines is 1. The summed E-state index contributed by atoms with van der Waals surface area (Å²) in [5.41, 5.74) is 1.55. The van der Waals surface area contributed by atoms with Gasteiger partial charge >= 0.3 is 0 Å². The highest BCUT2D eigenvalue weighted by atomic mass is 35.5. The van der Waals surface area contributed by atoms with Crippen molar-refractivity contribution in [1.29, 1.82) is 0 Å². The Morgan fingerprint density at radius 2 is 1.86 bits per heavy atom. The molecule has 0 aliphatic heterocycles. The number of likely N-dealkylation sites (N-methyl/N-ethyl adjacent to an activating group) is 1. The van der Waals surface area contributed by atoms with Crippen molar-refractivity contribution in [3.8, 4) is 0 Å². The van der Waals surface area contributed by atoms with Gasteiger partial charge in [0.15, 0.2) is 0 Å². The van der Waals surface area contributed by atoms with Crippen LogP contribution in [-0.2, 0) is 4.79 Å². The summed E-state index contributed by atoms with van der Waals surface area (Å²) in [6.45, 7) is 2.18. The van der Waals surface area contributed by atoms with E-state index < -0.39 is 0 Å². The van der Waals surface area contributed by atoms with Crippen molar-refractivity contribution in [2.75, 3.05) is 18.9 Å². The van der Waals surface area contributed by atoms with Crippen LogP contribution in [0.1, 0.15) is 18.5 Å². The number of para-hydroxylation sites is 1. The van der Waals surface area contributed by atoms with Crippen molar-refractivity contribution in [1.82, 2.24) is 4.90 Å². The molecule has 2 rings (SSSR count). The predicted molar refractivity (Wildman–Crippen MR) is 87.5 cm³/mol. The van der Waals surface area contributed by atoms with Gasteiger partial charge in [-0.15, -0.1) is 0 Å². The Bertz CT molecular complexity index is 645. The third-order valence-corrected chi connectivity index (χ3v) is 3.88. The molecular formula is C17H18ClFN2O. The smallest absolute Gasteiger partial charge is 0.238 e. The molecule has 1 amide bonds. The number of halogens is 2. The average Bonchev–Trinajstić information content (AvgIpc) is 2.49. The van der Waals surface area contributed by atoms with E-state index >= 15 is 0 Å². The van der Waals surface area contributed by atoms with Gasteiger partial charge in [-0.25, -0.2) is 4.39 Å². The molecule has 0 fully saturated rings. The number of rotatable bonds is 5. The summed E-state index contributed by atoms with van der Waals surface area (Å²) >= 11 is 6.01. The molecule has 2 aromatic rings. The lowest BCUT2D eigenvalue weighted by atomic mass is 10.1. The fourth-order valence-corrected chi connectivity index (χ4v) is 2.29. The highest BCUT2D eigenvalue weighted by molar-refractivity contribution is 6.33. The second-order valence-electron chi connectivity index (χ2n) is 5.17. The van der Waals surface area contributed by atoms with Gasteiger partial charge < -0.3 is 5.32 Å². The summed E-state index contributed by atoms with van der Waals surface area (Å²) in [4.78, 5) is 14.0. The standard InChI is InChI=1S/C17H18ClFN2O/c1-12(13-7-9-14(19)10-8-13)21(2)11-17(22)20-16-6-4-3-5-15(16)18/h3-10,12H,11H2,1-2H3,(H,20,22)/t12-/m0/s1. The Balaban J connectivity index is 1.96. The zero-order chi connectivity index (χ0) is 16.1. The molecule has 3 nitrogen and oxygen atoms in total. The summed E-state index contributed by atoms with van der Waals surface area (Å²) in [7, 11) is 1.85.